The normalized spacial score (nSPS) is 22.7. The van der Waals surface area contributed by atoms with Crippen LogP contribution in [-0.4, -0.2) is 86.8 Å². The minimum atomic E-state index is -1.69. The molecule has 2 aliphatic carbocycles. The molecule has 0 radical (unpaired) electrons. The van der Waals surface area contributed by atoms with Crippen LogP contribution in [0.2, 0.25) is 0 Å². The summed E-state index contributed by atoms with van der Waals surface area (Å²) in [7, 11) is 3.14. The first-order valence-electron chi connectivity index (χ1n) is 17.9. The molecule has 3 heterocycles. The van der Waals surface area contributed by atoms with Crippen LogP contribution in [0, 0.1) is 5.41 Å². The van der Waals surface area contributed by atoms with Crippen molar-refractivity contribution in [1.82, 2.24) is 19.4 Å². The molecular weight excluding hydrogens is 668 g/mol. The molecule has 0 saturated carbocycles. The topological polar surface area (TPSA) is 169 Å². The number of aliphatic carboxylic acids is 1. The van der Waals surface area contributed by atoms with Gasteiger partial charge in [-0.15, -0.1) is 0 Å². The van der Waals surface area contributed by atoms with E-state index < -0.39 is 35.3 Å². The fraction of sp³-hybridized carbons (Fsp3) is 0.487. The number of amides is 2. The Labute approximate surface area is 301 Å². The number of carboxylic acid groups (broad SMARTS) is 1. The zero-order chi connectivity index (χ0) is 37.5. The first-order valence-corrected chi connectivity index (χ1v) is 17.9. The Morgan fingerprint density at radius 2 is 1.75 bits per heavy atom. The molecule has 52 heavy (non-hydrogen) atoms. The molecule has 2 aromatic heterocycles. The number of aryl methyl sites for hydroxylation is 1. The number of aromatic nitrogens is 2. The van der Waals surface area contributed by atoms with Crippen molar-refractivity contribution in [2.24, 2.45) is 5.41 Å². The predicted molar refractivity (Wildman–Crippen MR) is 192 cm³/mol. The van der Waals surface area contributed by atoms with Gasteiger partial charge in [0.2, 0.25) is 0 Å². The molecular formula is C39H46N4O9. The van der Waals surface area contributed by atoms with Crippen LogP contribution in [0.5, 0.6) is 5.75 Å². The number of Topliss-reactive ketones (excluding diaryl/α,β-unsaturated/α-hetero) is 1. The number of ether oxygens (including phenoxy) is 2. The third-order valence-electron chi connectivity index (χ3n) is 11.1. The number of likely N-dealkylation sites (N-methyl/N-ethyl adjacent to an activating group) is 2. The Hall–Kier alpha value is -5.04. The molecule has 2 amide bonds. The van der Waals surface area contributed by atoms with Crippen molar-refractivity contribution in [3.05, 3.63) is 69.0 Å². The zero-order valence-corrected chi connectivity index (χ0v) is 30.4. The molecule has 276 valence electrons. The van der Waals surface area contributed by atoms with Crippen molar-refractivity contribution < 1.29 is 38.9 Å². The van der Waals surface area contributed by atoms with E-state index in [1.54, 1.807) is 62.9 Å². The van der Waals surface area contributed by atoms with E-state index in [1.165, 1.54) is 9.80 Å². The largest absolute Gasteiger partial charge is 0.481 e. The fourth-order valence-electron chi connectivity index (χ4n) is 7.52. The number of aliphatic hydroxyl groups is 1. The van der Waals surface area contributed by atoms with Crippen molar-refractivity contribution in [3.63, 3.8) is 0 Å². The SMILES string of the molecule is CCc1c2c(nc3ccc(OC(=O)N(C)CCN(C)C(=O)O[C@H]4/C=C/CC[C@@](C)(C(=O)O)CC4)cc13)-c1cc3c(c(=O)n1C2)CCC(=O)[C@]3(O)CC. The summed E-state index contributed by atoms with van der Waals surface area (Å²) >= 11 is 0. The van der Waals surface area contributed by atoms with Crippen LogP contribution in [0.25, 0.3) is 22.3 Å². The molecule has 0 fully saturated rings. The summed E-state index contributed by atoms with van der Waals surface area (Å²) in [5, 5.41) is 21.7. The van der Waals surface area contributed by atoms with Crippen molar-refractivity contribution in [1.29, 1.82) is 0 Å². The smallest absolute Gasteiger partial charge is 0.415 e. The van der Waals surface area contributed by atoms with Gasteiger partial charge in [-0.1, -0.05) is 19.9 Å². The number of pyridine rings is 2. The second-order valence-electron chi connectivity index (χ2n) is 14.4. The molecule has 0 spiro atoms. The lowest BCUT2D eigenvalue weighted by molar-refractivity contribution is -0.149. The van der Waals surface area contributed by atoms with E-state index in [1.807, 2.05) is 13.0 Å². The number of carbonyl (C=O) groups excluding carboxylic acids is 3. The summed E-state index contributed by atoms with van der Waals surface area (Å²) in [5.41, 5.74) is 1.77. The summed E-state index contributed by atoms with van der Waals surface area (Å²) in [6, 6.07) is 6.93. The highest BCUT2D eigenvalue weighted by atomic mass is 16.6. The molecule has 0 bridgehead atoms. The summed E-state index contributed by atoms with van der Waals surface area (Å²) in [6.45, 7) is 6.11. The lowest BCUT2D eigenvalue weighted by atomic mass is 9.77. The highest BCUT2D eigenvalue weighted by Crippen LogP contribution is 2.41. The molecule has 13 nitrogen and oxygen atoms in total. The summed E-state index contributed by atoms with van der Waals surface area (Å²) in [5.74, 6) is -0.823. The Morgan fingerprint density at radius 3 is 2.44 bits per heavy atom. The van der Waals surface area contributed by atoms with Gasteiger partial charge in [0.05, 0.1) is 28.9 Å². The number of fused-ring (bicyclic) bond motifs is 5. The second kappa shape index (κ2) is 14.2. The number of hydrogen-bond donors (Lipinski definition) is 2. The van der Waals surface area contributed by atoms with Crippen LogP contribution < -0.4 is 10.3 Å². The third kappa shape index (κ3) is 6.57. The van der Waals surface area contributed by atoms with E-state index >= 15 is 0 Å². The van der Waals surface area contributed by atoms with E-state index in [0.29, 0.717) is 78.9 Å². The Balaban J connectivity index is 1.13. The molecule has 0 saturated heterocycles. The van der Waals surface area contributed by atoms with Crippen LogP contribution in [0.4, 0.5) is 9.59 Å². The maximum atomic E-state index is 13.7. The third-order valence-corrected chi connectivity index (χ3v) is 11.1. The van der Waals surface area contributed by atoms with Gasteiger partial charge in [0.15, 0.2) is 5.78 Å². The van der Waals surface area contributed by atoms with Gasteiger partial charge in [0.1, 0.15) is 17.5 Å². The van der Waals surface area contributed by atoms with Gasteiger partial charge in [-0.05, 0) is 87.8 Å². The molecule has 13 heteroatoms. The molecule has 3 atom stereocenters. The van der Waals surface area contributed by atoms with Crippen molar-refractivity contribution in [2.75, 3.05) is 27.2 Å². The van der Waals surface area contributed by atoms with Gasteiger partial charge < -0.3 is 34.1 Å². The van der Waals surface area contributed by atoms with Crippen LogP contribution in [0.3, 0.4) is 0 Å². The lowest BCUT2D eigenvalue weighted by Gasteiger charge is -2.32. The minimum absolute atomic E-state index is 0.122. The van der Waals surface area contributed by atoms with E-state index in [9.17, 15) is 34.2 Å². The van der Waals surface area contributed by atoms with E-state index in [4.69, 9.17) is 14.5 Å². The number of carboxylic acids is 1. The molecule has 6 rings (SSSR count). The van der Waals surface area contributed by atoms with Gasteiger partial charge in [-0.2, -0.15) is 0 Å². The van der Waals surface area contributed by atoms with Gasteiger partial charge in [-0.3, -0.25) is 14.4 Å². The average molecular weight is 715 g/mol. The number of nitrogens with zero attached hydrogens (tertiary/aromatic N) is 4. The van der Waals surface area contributed by atoms with E-state index in [0.717, 1.165) is 16.5 Å². The van der Waals surface area contributed by atoms with Crippen LogP contribution >= 0.6 is 0 Å². The number of benzene rings is 1. The second-order valence-corrected chi connectivity index (χ2v) is 14.4. The predicted octanol–water partition coefficient (Wildman–Crippen LogP) is 5.19. The van der Waals surface area contributed by atoms with Crippen molar-refractivity contribution in [2.45, 2.75) is 90.4 Å². The summed E-state index contributed by atoms with van der Waals surface area (Å²) in [4.78, 5) is 71.8. The Kier molecular flexibility index (Phi) is 10.0. The molecule has 2 N–H and O–H groups in total. The first kappa shape index (κ1) is 36.7. The first-order chi connectivity index (χ1) is 24.7. The highest BCUT2D eigenvalue weighted by Gasteiger charge is 2.43. The number of hydrogen-bond acceptors (Lipinski definition) is 9. The van der Waals surface area contributed by atoms with E-state index in [-0.39, 0.29) is 37.3 Å². The average Bonchev–Trinajstić information content (AvgIpc) is 3.49. The highest BCUT2D eigenvalue weighted by molar-refractivity contribution is 5.92. The van der Waals surface area contributed by atoms with Gasteiger partial charge in [0.25, 0.3) is 5.56 Å². The van der Waals surface area contributed by atoms with Crippen molar-refractivity contribution >= 4 is 34.8 Å². The van der Waals surface area contributed by atoms with Crippen LogP contribution in [-0.2, 0) is 39.3 Å². The summed E-state index contributed by atoms with van der Waals surface area (Å²) < 4.78 is 13.0. The molecule has 3 aliphatic rings. The maximum absolute atomic E-state index is 13.7. The van der Waals surface area contributed by atoms with Gasteiger partial charge in [0, 0.05) is 55.7 Å². The van der Waals surface area contributed by atoms with Crippen LogP contribution in [0.1, 0.15) is 81.5 Å². The summed E-state index contributed by atoms with van der Waals surface area (Å²) in [6.07, 6.45) is 5.02. The Morgan fingerprint density at radius 1 is 1.02 bits per heavy atom. The molecule has 1 aliphatic heterocycles. The van der Waals surface area contributed by atoms with Crippen LogP contribution in [0.15, 0.2) is 41.2 Å². The van der Waals surface area contributed by atoms with Crippen molar-refractivity contribution in [3.8, 4) is 17.1 Å². The van der Waals surface area contributed by atoms with Gasteiger partial charge in [-0.25, -0.2) is 14.6 Å². The lowest BCUT2D eigenvalue weighted by Crippen LogP contribution is -2.43. The maximum Gasteiger partial charge on any atom is 0.415 e. The number of allylic oxidation sites excluding steroid dienone is 1. The number of carbonyl (C=O) groups is 4. The molecule has 1 aromatic carbocycles. The van der Waals surface area contributed by atoms with E-state index in [2.05, 4.69) is 0 Å². The zero-order valence-electron chi connectivity index (χ0n) is 30.4. The molecule has 0 unspecified atom stereocenters. The Bertz CT molecular complexity index is 2060. The molecule has 3 aromatic rings. The fourth-order valence-corrected chi connectivity index (χ4v) is 7.52. The monoisotopic (exact) mass is 714 g/mol. The standard InChI is InChI=1S/C39H46N4O9/c1-6-25-27-20-24(52-37(49)42(5)19-18-41(4)36(48)51-23-10-8-9-16-38(3,17-15-23)35(46)47)11-13-30(27)40-33-28(25)22-43-31(33)21-29-26(34(43)45)12-14-32(44)39(29,50)7-2/h8,10-11,13,20-21,23,50H,6-7,9,12,14-19,22H2,1-5H3,(H,46,47)/b10-8+/t23-,38+,39-/m0/s1. The minimum Gasteiger partial charge on any atom is -0.481 e. The quantitative estimate of drug-likeness (QED) is 0.232. The van der Waals surface area contributed by atoms with Gasteiger partial charge >= 0.3 is 18.2 Å². The number of ketones is 1. The number of rotatable bonds is 8.